The fourth-order valence-electron chi connectivity index (χ4n) is 5.45. The van der Waals surface area contributed by atoms with Crippen LogP contribution in [0, 0.1) is 28.1 Å². The van der Waals surface area contributed by atoms with Gasteiger partial charge in [-0.15, -0.1) is 0 Å². The molecule has 0 aliphatic heterocycles. The maximum Gasteiger partial charge on any atom is 0.237 e. The van der Waals surface area contributed by atoms with Crippen molar-refractivity contribution in [3.8, 4) is 23.6 Å². The van der Waals surface area contributed by atoms with Crippen molar-refractivity contribution in [2.24, 2.45) is 5.41 Å². The number of nitrogens with zero attached hydrogens (tertiary/aromatic N) is 4. The van der Waals surface area contributed by atoms with E-state index >= 15 is 0 Å². The Morgan fingerprint density at radius 3 is 2.53 bits per heavy atom. The molecular formula is C26H20ClN5O2. The van der Waals surface area contributed by atoms with Gasteiger partial charge in [-0.2, -0.15) is 10.5 Å². The summed E-state index contributed by atoms with van der Waals surface area (Å²) in [6.07, 6.45) is 1.30. The quantitative estimate of drug-likeness (QED) is 0.543. The number of carbonyl (C=O) groups excluding carboxylic acids is 1. The van der Waals surface area contributed by atoms with Crippen LogP contribution in [0.4, 0.5) is 5.69 Å². The van der Waals surface area contributed by atoms with Crippen molar-refractivity contribution >= 4 is 23.2 Å². The van der Waals surface area contributed by atoms with Gasteiger partial charge in [-0.1, -0.05) is 43.6 Å². The van der Waals surface area contributed by atoms with Gasteiger partial charge in [0.25, 0.3) is 0 Å². The van der Waals surface area contributed by atoms with E-state index < -0.39 is 10.8 Å². The number of aromatic nitrogens is 2. The molecule has 0 spiro atoms. The molecule has 1 aromatic heterocycles. The molecule has 1 amide bonds. The van der Waals surface area contributed by atoms with Crippen molar-refractivity contribution in [1.82, 2.24) is 9.97 Å². The van der Waals surface area contributed by atoms with Gasteiger partial charge < -0.3 is 10.1 Å². The Kier molecular flexibility index (Phi) is 5.04. The third kappa shape index (κ3) is 3.05. The standard InChI is InChI=1S/C26H20ClN5O2/c1-25(2)17-10-11-26(25,23-22(17)30-19(13-28)20(14-29)31-23)24(33)32-18-12-15(27)8-9-21(18)34-16-6-4-3-5-7-16/h3-9,12,17H,10-11H2,1-2H3,(H,32,33). The maximum atomic E-state index is 14.0. The molecule has 2 aliphatic rings. The van der Waals surface area contributed by atoms with Gasteiger partial charge in [-0.3, -0.25) is 4.79 Å². The summed E-state index contributed by atoms with van der Waals surface area (Å²) in [7, 11) is 0. The number of hydrogen-bond acceptors (Lipinski definition) is 6. The van der Waals surface area contributed by atoms with E-state index in [1.54, 1.807) is 18.2 Å². The van der Waals surface area contributed by atoms with Gasteiger partial charge in [0, 0.05) is 10.9 Å². The van der Waals surface area contributed by atoms with Crippen LogP contribution in [0.25, 0.3) is 0 Å². The molecule has 2 aliphatic carbocycles. The Morgan fingerprint density at radius 2 is 1.82 bits per heavy atom. The predicted molar refractivity (Wildman–Crippen MR) is 125 cm³/mol. The van der Waals surface area contributed by atoms with Gasteiger partial charge in [-0.05, 0) is 48.6 Å². The first kappa shape index (κ1) is 21.9. The highest BCUT2D eigenvalue weighted by Crippen LogP contribution is 2.67. The van der Waals surface area contributed by atoms with E-state index in [9.17, 15) is 15.3 Å². The second kappa shape index (κ2) is 7.83. The Morgan fingerprint density at radius 1 is 1.12 bits per heavy atom. The van der Waals surface area contributed by atoms with Crippen LogP contribution < -0.4 is 10.1 Å². The smallest absolute Gasteiger partial charge is 0.237 e. The molecule has 0 radical (unpaired) electrons. The molecule has 1 saturated carbocycles. The second-order valence-electron chi connectivity index (χ2n) is 9.11. The Labute approximate surface area is 202 Å². The summed E-state index contributed by atoms with van der Waals surface area (Å²) in [6, 6.07) is 18.2. The number of hydrogen-bond donors (Lipinski definition) is 1. The van der Waals surface area contributed by atoms with E-state index in [4.69, 9.17) is 16.3 Å². The van der Waals surface area contributed by atoms with Crippen LogP contribution in [0.5, 0.6) is 11.5 Å². The number of para-hydroxylation sites is 1. The van der Waals surface area contributed by atoms with Gasteiger partial charge in [0.05, 0.1) is 22.5 Å². The van der Waals surface area contributed by atoms with Gasteiger partial charge >= 0.3 is 0 Å². The van der Waals surface area contributed by atoms with Gasteiger partial charge in [0.1, 0.15) is 17.9 Å². The number of fused-ring (bicyclic) bond motifs is 5. The highest BCUT2D eigenvalue weighted by Gasteiger charge is 2.68. The highest BCUT2D eigenvalue weighted by molar-refractivity contribution is 6.31. The molecule has 8 heteroatoms. The van der Waals surface area contributed by atoms with Crippen molar-refractivity contribution < 1.29 is 9.53 Å². The van der Waals surface area contributed by atoms with E-state index in [0.29, 0.717) is 40.0 Å². The van der Waals surface area contributed by atoms with Gasteiger partial charge in [-0.25, -0.2) is 9.97 Å². The molecule has 34 heavy (non-hydrogen) atoms. The fourth-order valence-corrected chi connectivity index (χ4v) is 5.62. The number of rotatable bonds is 4. The fraction of sp³-hybridized carbons (Fsp3) is 0.269. The van der Waals surface area contributed by atoms with E-state index in [1.165, 1.54) is 0 Å². The Hall–Kier alpha value is -3.94. The number of anilines is 1. The van der Waals surface area contributed by atoms with Crippen LogP contribution in [-0.2, 0) is 10.2 Å². The summed E-state index contributed by atoms with van der Waals surface area (Å²) in [5.74, 6) is 0.774. The molecule has 2 bridgehead atoms. The first-order valence-corrected chi connectivity index (χ1v) is 11.3. The molecule has 2 unspecified atom stereocenters. The topological polar surface area (TPSA) is 112 Å². The Balaban J connectivity index is 1.58. The van der Waals surface area contributed by atoms with Gasteiger partial charge in [0.15, 0.2) is 17.1 Å². The van der Waals surface area contributed by atoms with Crippen molar-refractivity contribution in [2.45, 2.75) is 38.0 Å². The zero-order valence-electron chi connectivity index (χ0n) is 18.6. The number of amides is 1. The molecule has 2 atom stereocenters. The van der Waals surface area contributed by atoms with E-state index in [0.717, 1.165) is 6.42 Å². The van der Waals surface area contributed by atoms with E-state index in [1.807, 2.05) is 56.3 Å². The molecule has 0 saturated heterocycles. The Bertz CT molecular complexity index is 1410. The average Bonchev–Trinajstić information content (AvgIpc) is 3.21. The largest absolute Gasteiger partial charge is 0.455 e. The van der Waals surface area contributed by atoms with Gasteiger partial charge in [0.2, 0.25) is 5.91 Å². The minimum Gasteiger partial charge on any atom is -0.455 e. The number of ether oxygens (including phenoxy) is 1. The van der Waals surface area contributed by atoms with Crippen LogP contribution >= 0.6 is 11.6 Å². The lowest BCUT2D eigenvalue weighted by atomic mass is 9.67. The maximum absolute atomic E-state index is 14.0. The lowest BCUT2D eigenvalue weighted by Crippen LogP contribution is -2.46. The minimum atomic E-state index is -1.01. The van der Waals surface area contributed by atoms with Crippen LogP contribution in [-0.4, -0.2) is 15.9 Å². The zero-order chi connectivity index (χ0) is 24.1. The summed E-state index contributed by atoms with van der Waals surface area (Å²) in [5.41, 5.74) is -0.0413. The summed E-state index contributed by atoms with van der Waals surface area (Å²) in [6.45, 7) is 4.04. The third-order valence-electron chi connectivity index (χ3n) is 7.20. The summed E-state index contributed by atoms with van der Waals surface area (Å²) in [5, 5.41) is 22.4. The third-order valence-corrected chi connectivity index (χ3v) is 7.43. The molecule has 2 aromatic carbocycles. The zero-order valence-corrected chi connectivity index (χ0v) is 19.3. The van der Waals surface area contributed by atoms with E-state index in [2.05, 4.69) is 15.3 Å². The first-order valence-electron chi connectivity index (χ1n) is 10.9. The molecule has 1 heterocycles. The number of nitrogens with one attached hydrogen (secondary N) is 1. The van der Waals surface area contributed by atoms with Crippen LogP contribution in [0.2, 0.25) is 5.02 Å². The summed E-state index contributed by atoms with van der Waals surface area (Å²) >= 11 is 6.25. The average molecular weight is 470 g/mol. The predicted octanol–water partition coefficient (Wildman–Crippen LogP) is 5.46. The molecule has 3 aromatic rings. The summed E-state index contributed by atoms with van der Waals surface area (Å²) in [4.78, 5) is 23.0. The summed E-state index contributed by atoms with van der Waals surface area (Å²) < 4.78 is 6.01. The number of halogens is 1. The number of carbonyl (C=O) groups is 1. The lowest BCUT2D eigenvalue weighted by Gasteiger charge is -2.36. The lowest BCUT2D eigenvalue weighted by molar-refractivity contribution is -0.124. The molecule has 1 N–H and O–H groups in total. The molecule has 5 rings (SSSR count). The van der Waals surface area contributed by atoms with Crippen LogP contribution in [0.1, 0.15) is 55.4 Å². The monoisotopic (exact) mass is 469 g/mol. The van der Waals surface area contributed by atoms with Crippen molar-refractivity contribution in [3.63, 3.8) is 0 Å². The second-order valence-corrected chi connectivity index (χ2v) is 9.54. The number of nitriles is 2. The molecule has 168 valence electrons. The van der Waals surface area contributed by atoms with Crippen LogP contribution in [0.3, 0.4) is 0 Å². The normalized spacial score (nSPS) is 21.3. The number of benzene rings is 2. The molecule has 7 nitrogen and oxygen atoms in total. The van der Waals surface area contributed by atoms with Crippen LogP contribution in [0.15, 0.2) is 48.5 Å². The highest BCUT2D eigenvalue weighted by atomic mass is 35.5. The van der Waals surface area contributed by atoms with E-state index in [-0.39, 0.29) is 23.2 Å². The van der Waals surface area contributed by atoms with Crippen molar-refractivity contribution in [3.05, 3.63) is 76.3 Å². The first-order chi connectivity index (χ1) is 16.3. The molecular weight excluding hydrogens is 450 g/mol. The minimum absolute atomic E-state index is 0.00598. The molecule has 1 fully saturated rings. The SMILES string of the molecule is CC1(C)C2CCC1(C(=O)Nc1cc(Cl)ccc1Oc1ccccc1)c1nc(C#N)c(C#N)nc12. The van der Waals surface area contributed by atoms with Crippen molar-refractivity contribution in [1.29, 1.82) is 10.5 Å². The van der Waals surface area contributed by atoms with Crippen molar-refractivity contribution in [2.75, 3.05) is 5.32 Å².